The van der Waals surface area contributed by atoms with Crippen molar-refractivity contribution in [2.45, 2.75) is 6.04 Å². The molecular formula is C15H14Br2ClNO. The number of benzene rings is 2. The summed E-state index contributed by atoms with van der Waals surface area (Å²) in [6.45, 7) is 0. The van der Waals surface area contributed by atoms with Crippen LogP contribution in [-0.2, 0) is 0 Å². The number of ether oxygens (including phenoxy) is 1. The van der Waals surface area contributed by atoms with E-state index in [-0.39, 0.29) is 6.04 Å². The molecule has 0 aliphatic carbocycles. The summed E-state index contributed by atoms with van der Waals surface area (Å²) in [7, 11) is 3.60. The molecule has 2 rings (SSSR count). The van der Waals surface area contributed by atoms with Gasteiger partial charge in [0.2, 0.25) is 0 Å². The van der Waals surface area contributed by atoms with Gasteiger partial charge in [0.05, 0.1) is 13.2 Å². The molecule has 0 saturated heterocycles. The quantitative estimate of drug-likeness (QED) is 0.737. The third-order valence-corrected chi connectivity index (χ3v) is 4.48. The summed E-state index contributed by atoms with van der Waals surface area (Å²) >= 11 is 13.1. The second-order valence-electron chi connectivity index (χ2n) is 4.27. The Kier molecular flexibility index (Phi) is 5.49. The number of nitrogens with one attached hydrogen (secondary N) is 1. The van der Waals surface area contributed by atoms with Gasteiger partial charge < -0.3 is 10.1 Å². The fourth-order valence-electron chi connectivity index (χ4n) is 2.14. The molecule has 0 amide bonds. The molecule has 0 aromatic heterocycles. The number of hydrogen-bond acceptors (Lipinski definition) is 2. The van der Waals surface area contributed by atoms with Crippen LogP contribution in [0, 0.1) is 0 Å². The second kappa shape index (κ2) is 6.94. The average Bonchev–Trinajstić information content (AvgIpc) is 2.42. The van der Waals surface area contributed by atoms with E-state index in [1.165, 1.54) is 0 Å². The van der Waals surface area contributed by atoms with Gasteiger partial charge in [0.15, 0.2) is 0 Å². The Hall–Kier alpha value is -0.550. The smallest absolute Gasteiger partial charge is 0.124 e. The van der Waals surface area contributed by atoms with Crippen LogP contribution in [0.15, 0.2) is 45.3 Å². The standard InChI is InChI=1S/C15H14Br2ClNO/c1-19-15(11-5-4-10(18)8-13(11)17)12-7-9(16)3-6-14(12)20-2/h3-8,15,19H,1-2H3. The molecule has 106 valence electrons. The van der Waals surface area contributed by atoms with Crippen LogP contribution in [0.3, 0.4) is 0 Å². The van der Waals surface area contributed by atoms with Crippen LogP contribution in [-0.4, -0.2) is 14.2 Å². The molecule has 2 aromatic carbocycles. The minimum Gasteiger partial charge on any atom is -0.496 e. The molecule has 0 bridgehead atoms. The summed E-state index contributed by atoms with van der Waals surface area (Å²) in [5.74, 6) is 0.842. The van der Waals surface area contributed by atoms with Crippen molar-refractivity contribution in [1.82, 2.24) is 5.32 Å². The van der Waals surface area contributed by atoms with Crippen LogP contribution in [0.5, 0.6) is 5.75 Å². The summed E-state index contributed by atoms with van der Waals surface area (Å²) in [6, 6.07) is 11.8. The van der Waals surface area contributed by atoms with Gasteiger partial charge in [0.1, 0.15) is 5.75 Å². The Morgan fingerprint density at radius 1 is 1.10 bits per heavy atom. The van der Waals surface area contributed by atoms with Crippen molar-refractivity contribution >= 4 is 43.5 Å². The topological polar surface area (TPSA) is 21.3 Å². The van der Waals surface area contributed by atoms with Crippen molar-refractivity contribution in [3.05, 3.63) is 61.5 Å². The summed E-state index contributed by atoms with van der Waals surface area (Å²) in [5.41, 5.74) is 2.17. The molecule has 1 N–H and O–H groups in total. The van der Waals surface area contributed by atoms with Crippen LogP contribution < -0.4 is 10.1 Å². The Labute approximate surface area is 140 Å². The number of hydrogen-bond donors (Lipinski definition) is 1. The zero-order valence-corrected chi connectivity index (χ0v) is 15.0. The zero-order chi connectivity index (χ0) is 14.7. The molecule has 0 fully saturated rings. The lowest BCUT2D eigenvalue weighted by molar-refractivity contribution is 0.405. The lowest BCUT2D eigenvalue weighted by Crippen LogP contribution is -2.19. The van der Waals surface area contributed by atoms with Gasteiger partial charge in [-0.15, -0.1) is 0 Å². The van der Waals surface area contributed by atoms with Gasteiger partial charge in [0.25, 0.3) is 0 Å². The molecule has 2 aromatic rings. The van der Waals surface area contributed by atoms with Crippen molar-refractivity contribution in [2.24, 2.45) is 0 Å². The molecule has 0 aliphatic heterocycles. The zero-order valence-electron chi connectivity index (χ0n) is 11.1. The van der Waals surface area contributed by atoms with E-state index in [2.05, 4.69) is 43.2 Å². The maximum absolute atomic E-state index is 6.01. The van der Waals surface area contributed by atoms with Crippen LogP contribution in [0.2, 0.25) is 5.02 Å². The van der Waals surface area contributed by atoms with E-state index in [4.69, 9.17) is 16.3 Å². The SMILES string of the molecule is CNC(c1ccc(Cl)cc1Br)c1cc(Br)ccc1OC. The average molecular weight is 420 g/mol. The normalized spacial score (nSPS) is 12.2. The number of methoxy groups -OCH3 is 1. The highest BCUT2D eigenvalue weighted by Crippen LogP contribution is 2.36. The van der Waals surface area contributed by atoms with Crippen molar-refractivity contribution in [3.8, 4) is 5.75 Å². The van der Waals surface area contributed by atoms with Gasteiger partial charge >= 0.3 is 0 Å². The van der Waals surface area contributed by atoms with Crippen molar-refractivity contribution in [1.29, 1.82) is 0 Å². The highest BCUT2D eigenvalue weighted by molar-refractivity contribution is 9.10. The molecule has 0 aliphatic rings. The molecule has 2 nitrogen and oxygen atoms in total. The molecule has 0 heterocycles. The first-order valence-electron chi connectivity index (χ1n) is 6.02. The Bertz CT molecular complexity index is 619. The molecule has 0 saturated carbocycles. The minimum absolute atomic E-state index is 0.00842. The summed E-state index contributed by atoms with van der Waals surface area (Å²) in [4.78, 5) is 0. The second-order valence-corrected chi connectivity index (χ2v) is 6.48. The Morgan fingerprint density at radius 3 is 2.45 bits per heavy atom. The van der Waals surface area contributed by atoms with Gasteiger partial charge in [-0.2, -0.15) is 0 Å². The molecule has 0 spiro atoms. The van der Waals surface area contributed by atoms with Gasteiger partial charge in [-0.1, -0.05) is 49.5 Å². The lowest BCUT2D eigenvalue weighted by atomic mass is 9.98. The molecule has 0 radical (unpaired) electrons. The predicted molar refractivity (Wildman–Crippen MR) is 90.7 cm³/mol. The van der Waals surface area contributed by atoms with E-state index >= 15 is 0 Å². The van der Waals surface area contributed by atoms with Gasteiger partial charge in [-0.3, -0.25) is 0 Å². The first-order chi connectivity index (χ1) is 9.56. The molecule has 1 atom stereocenters. The summed E-state index contributed by atoms with van der Waals surface area (Å²) in [6.07, 6.45) is 0. The molecule has 20 heavy (non-hydrogen) atoms. The van der Waals surface area contributed by atoms with Crippen molar-refractivity contribution in [2.75, 3.05) is 14.2 Å². The predicted octanol–water partition coefficient (Wildman–Crippen LogP) is 5.18. The highest BCUT2D eigenvalue weighted by Gasteiger charge is 2.19. The van der Waals surface area contributed by atoms with Gasteiger partial charge in [0, 0.05) is 19.5 Å². The summed E-state index contributed by atoms with van der Waals surface area (Å²) in [5, 5.41) is 4.03. The van der Waals surface area contributed by atoms with E-state index in [9.17, 15) is 0 Å². The summed E-state index contributed by atoms with van der Waals surface area (Å²) < 4.78 is 7.44. The van der Waals surface area contributed by atoms with Crippen molar-refractivity contribution < 1.29 is 4.74 Å². The van der Waals surface area contributed by atoms with Crippen LogP contribution >= 0.6 is 43.5 Å². The molecular weight excluding hydrogens is 405 g/mol. The van der Waals surface area contributed by atoms with E-state index < -0.39 is 0 Å². The molecule has 1 unspecified atom stereocenters. The van der Waals surface area contributed by atoms with E-state index in [0.29, 0.717) is 5.02 Å². The maximum atomic E-state index is 6.01. The fraction of sp³-hybridized carbons (Fsp3) is 0.200. The van der Waals surface area contributed by atoms with E-state index in [1.807, 2.05) is 37.4 Å². The largest absolute Gasteiger partial charge is 0.496 e. The van der Waals surface area contributed by atoms with E-state index in [1.54, 1.807) is 7.11 Å². The maximum Gasteiger partial charge on any atom is 0.124 e. The van der Waals surface area contributed by atoms with Crippen molar-refractivity contribution in [3.63, 3.8) is 0 Å². The monoisotopic (exact) mass is 417 g/mol. The van der Waals surface area contributed by atoms with Gasteiger partial charge in [-0.25, -0.2) is 0 Å². The van der Waals surface area contributed by atoms with Crippen LogP contribution in [0.4, 0.5) is 0 Å². The highest BCUT2D eigenvalue weighted by atomic mass is 79.9. The lowest BCUT2D eigenvalue weighted by Gasteiger charge is -2.21. The number of rotatable bonds is 4. The Balaban J connectivity index is 2.54. The van der Waals surface area contributed by atoms with E-state index in [0.717, 1.165) is 25.8 Å². The minimum atomic E-state index is 0.00842. The van der Waals surface area contributed by atoms with Gasteiger partial charge in [-0.05, 0) is 42.9 Å². The van der Waals surface area contributed by atoms with Crippen LogP contribution in [0.25, 0.3) is 0 Å². The number of halogens is 3. The fourth-order valence-corrected chi connectivity index (χ4v) is 3.44. The molecule has 5 heteroatoms. The first kappa shape index (κ1) is 15.8. The van der Waals surface area contributed by atoms with Crippen LogP contribution in [0.1, 0.15) is 17.2 Å². The third kappa shape index (κ3) is 3.37. The third-order valence-electron chi connectivity index (χ3n) is 3.06. The Morgan fingerprint density at radius 2 is 1.85 bits per heavy atom. The first-order valence-corrected chi connectivity index (χ1v) is 7.99.